The molecule has 0 aliphatic heterocycles. The summed E-state index contributed by atoms with van der Waals surface area (Å²) in [6, 6.07) is 12.9. The second kappa shape index (κ2) is 7.06. The number of nitrogens with two attached hydrogens (primary N) is 1. The molecule has 0 heterocycles. The fourth-order valence-electron chi connectivity index (χ4n) is 1.98. The van der Waals surface area contributed by atoms with Crippen molar-refractivity contribution in [2.75, 3.05) is 0 Å². The van der Waals surface area contributed by atoms with Crippen LogP contribution in [0.5, 0.6) is 5.75 Å². The maximum atomic E-state index is 10.3. The molecule has 0 saturated carbocycles. The van der Waals surface area contributed by atoms with Gasteiger partial charge in [0, 0.05) is 6.42 Å². The fraction of sp³-hybridized carbons (Fsp3) is 0.200. The topological polar surface area (TPSA) is 66.5 Å². The molecule has 0 fully saturated rings. The standard InChI is InChI=1S/C15H15I2NO2/c16-11-7-10(8-12(17)15(11)20)14(18)13(19)6-9-4-2-1-3-5-9/h1-5,7-8,13-14,19-20H,6,18H2/t13-,14+/m0/s1. The number of hydrogen-bond acceptors (Lipinski definition) is 3. The second-order valence-corrected chi connectivity index (χ2v) is 6.94. The molecule has 2 rings (SSSR count). The highest BCUT2D eigenvalue weighted by Crippen LogP contribution is 2.30. The monoisotopic (exact) mass is 495 g/mol. The Labute approximate surface area is 145 Å². The highest BCUT2D eigenvalue weighted by atomic mass is 127. The molecule has 2 atom stereocenters. The number of halogens is 2. The lowest BCUT2D eigenvalue weighted by Crippen LogP contribution is -2.28. The summed E-state index contributed by atoms with van der Waals surface area (Å²) in [6.07, 6.45) is -0.149. The van der Waals surface area contributed by atoms with Gasteiger partial charge in [-0.25, -0.2) is 0 Å². The van der Waals surface area contributed by atoms with E-state index < -0.39 is 12.1 Å². The van der Waals surface area contributed by atoms with Gasteiger partial charge in [-0.3, -0.25) is 0 Å². The number of aliphatic hydroxyl groups is 1. The lowest BCUT2D eigenvalue weighted by atomic mass is 9.97. The molecule has 0 unspecified atom stereocenters. The van der Waals surface area contributed by atoms with Crippen molar-refractivity contribution in [2.24, 2.45) is 5.73 Å². The normalized spacial score (nSPS) is 14.0. The van der Waals surface area contributed by atoms with Gasteiger partial charge >= 0.3 is 0 Å². The summed E-state index contributed by atoms with van der Waals surface area (Å²) in [5.74, 6) is 0.264. The Bertz CT molecular complexity index is 567. The van der Waals surface area contributed by atoms with Gasteiger partial charge in [0.2, 0.25) is 0 Å². The largest absolute Gasteiger partial charge is 0.506 e. The van der Waals surface area contributed by atoms with Gasteiger partial charge in [-0.05, 0) is 68.4 Å². The Morgan fingerprint density at radius 3 is 2.15 bits per heavy atom. The smallest absolute Gasteiger partial charge is 0.142 e. The van der Waals surface area contributed by atoms with Gasteiger partial charge in [-0.2, -0.15) is 0 Å². The van der Waals surface area contributed by atoms with Crippen LogP contribution < -0.4 is 5.73 Å². The molecule has 20 heavy (non-hydrogen) atoms. The van der Waals surface area contributed by atoms with Crippen molar-refractivity contribution in [3.05, 3.63) is 60.7 Å². The first-order chi connectivity index (χ1) is 9.49. The molecule has 0 aliphatic rings. The quantitative estimate of drug-likeness (QED) is 0.572. The third kappa shape index (κ3) is 3.84. The highest BCUT2D eigenvalue weighted by Gasteiger charge is 2.19. The average molecular weight is 495 g/mol. The molecular weight excluding hydrogens is 480 g/mol. The van der Waals surface area contributed by atoms with Crippen LogP contribution in [0.15, 0.2) is 42.5 Å². The first kappa shape index (κ1) is 16.0. The van der Waals surface area contributed by atoms with Crippen LogP contribution in [-0.2, 0) is 6.42 Å². The van der Waals surface area contributed by atoms with Crippen molar-refractivity contribution in [1.29, 1.82) is 0 Å². The van der Waals surface area contributed by atoms with Crippen LogP contribution in [0.3, 0.4) is 0 Å². The van der Waals surface area contributed by atoms with Crippen molar-refractivity contribution in [2.45, 2.75) is 18.6 Å². The van der Waals surface area contributed by atoms with E-state index in [0.29, 0.717) is 6.42 Å². The molecule has 2 aromatic rings. The molecule has 0 radical (unpaired) electrons. The summed E-state index contributed by atoms with van der Waals surface area (Å²) in [6.45, 7) is 0. The van der Waals surface area contributed by atoms with E-state index in [0.717, 1.165) is 18.3 Å². The summed E-state index contributed by atoms with van der Waals surface area (Å²) < 4.78 is 1.48. The van der Waals surface area contributed by atoms with Gasteiger partial charge < -0.3 is 15.9 Å². The Kier molecular flexibility index (Phi) is 5.65. The van der Waals surface area contributed by atoms with Gasteiger partial charge in [0.15, 0.2) is 0 Å². The molecule has 0 aromatic heterocycles. The van der Waals surface area contributed by atoms with Gasteiger partial charge in [-0.15, -0.1) is 0 Å². The van der Waals surface area contributed by atoms with Gasteiger partial charge in [0.25, 0.3) is 0 Å². The van der Waals surface area contributed by atoms with E-state index in [4.69, 9.17) is 5.73 Å². The van der Waals surface area contributed by atoms with Gasteiger partial charge in [0.1, 0.15) is 5.75 Å². The summed E-state index contributed by atoms with van der Waals surface area (Å²) in [7, 11) is 0. The average Bonchev–Trinajstić information content (AvgIpc) is 2.44. The maximum Gasteiger partial charge on any atom is 0.142 e. The first-order valence-electron chi connectivity index (χ1n) is 6.14. The van der Waals surface area contributed by atoms with Crippen LogP contribution in [0.1, 0.15) is 17.2 Å². The van der Waals surface area contributed by atoms with E-state index in [-0.39, 0.29) is 5.75 Å². The summed E-state index contributed by atoms with van der Waals surface area (Å²) in [5.41, 5.74) is 8.02. The fourth-order valence-corrected chi connectivity index (χ4v) is 3.80. The first-order valence-corrected chi connectivity index (χ1v) is 8.30. The molecule has 106 valence electrons. The predicted molar refractivity (Wildman–Crippen MR) is 96.6 cm³/mol. The molecule has 0 aliphatic carbocycles. The Hall–Kier alpha value is -0.380. The van der Waals surface area contributed by atoms with Gasteiger partial charge in [0.05, 0.1) is 19.3 Å². The van der Waals surface area contributed by atoms with Crippen LogP contribution in [-0.4, -0.2) is 16.3 Å². The number of benzene rings is 2. The molecule has 0 bridgehead atoms. The lowest BCUT2D eigenvalue weighted by molar-refractivity contribution is 0.145. The zero-order chi connectivity index (χ0) is 14.7. The van der Waals surface area contributed by atoms with Crippen molar-refractivity contribution >= 4 is 45.2 Å². The molecule has 3 nitrogen and oxygen atoms in total. The molecule has 2 aromatic carbocycles. The van der Waals surface area contributed by atoms with Crippen LogP contribution in [0.2, 0.25) is 0 Å². The minimum Gasteiger partial charge on any atom is -0.506 e. The zero-order valence-electron chi connectivity index (χ0n) is 10.6. The molecule has 0 spiro atoms. The van der Waals surface area contributed by atoms with E-state index in [2.05, 4.69) is 45.2 Å². The number of hydrogen-bond donors (Lipinski definition) is 3. The summed E-state index contributed by atoms with van der Waals surface area (Å²) in [4.78, 5) is 0. The number of aliphatic hydroxyl groups excluding tert-OH is 1. The maximum absolute atomic E-state index is 10.3. The molecule has 0 amide bonds. The number of aromatic hydroxyl groups is 1. The Balaban J connectivity index is 2.16. The second-order valence-electron chi connectivity index (χ2n) is 4.62. The zero-order valence-corrected chi connectivity index (χ0v) is 14.9. The van der Waals surface area contributed by atoms with Crippen molar-refractivity contribution < 1.29 is 10.2 Å². The summed E-state index contributed by atoms with van der Waals surface area (Å²) in [5, 5.41) is 20.1. The van der Waals surface area contributed by atoms with E-state index in [1.807, 2.05) is 42.5 Å². The third-order valence-electron chi connectivity index (χ3n) is 3.13. The molecule has 0 saturated heterocycles. The van der Waals surface area contributed by atoms with E-state index in [1.54, 1.807) is 0 Å². The third-order valence-corrected chi connectivity index (χ3v) is 4.77. The molecular formula is C15H15I2NO2. The van der Waals surface area contributed by atoms with Crippen LogP contribution in [0.4, 0.5) is 0 Å². The van der Waals surface area contributed by atoms with E-state index >= 15 is 0 Å². The van der Waals surface area contributed by atoms with Crippen molar-refractivity contribution in [3.8, 4) is 5.75 Å². The van der Waals surface area contributed by atoms with E-state index in [9.17, 15) is 10.2 Å². The molecule has 5 heteroatoms. The number of phenols is 1. The van der Waals surface area contributed by atoms with Crippen molar-refractivity contribution in [3.63, 3.8) is 0 Å². The van der Waals surface area contributed by atoms with Gasteiger partial charge in [-0.1, -0.05) is 30.3 Å². The van der Waals surface area contributed by atoms with Crippen molar-refractivity contribution in [1.82, 2.24) is 0 Å². The SMILES string of the molecule is N[C@H](c1cc(I)c(O)c(I)c1)[C@@H](O)Cc1ccccc1. The van der Waals surface area contributed by atoms with Crippen LogP contribution in [0, 0.1) is 7.14 Å². The Morgan fingerprint density at radius 1 is 1.05 bits per heavy atom. The Morgan fingerprint density at radius 2 is 1.60 bits per heavy atom. The number of phenolic OH excluding ortho intramolecular Hbond substituents is 1. The van der Waals surface area contributed by atoms with Crippen LogP contribution in [0.25, 0.3) is 0 Å². The minimum atomic E-state index is -0.659. The number of rotatable bonds is 4. The minimum absolute atomic E-state index is 0.264. The lowest BCUT2D eigenvalue weighted by Gasteiger charge is -2.20. The predicted octanol–water partition coefficient (Wildman–Crippen LogP) is 3.20. The summed E-state index contributed by atoms with van der Waals surface area (Å²) >= 11 is 4.13. The van der Waals surface area contributed by atoms with Crippen LogP contribution >= 0.6 is 45.2 Å². The highest BCUT2D eigenvalue weighted by molar-refractivity contribution is 14.1. The molecule has 4 N–H and O–H groups in total. The van der Waals surface area contributed by atoms with E-state index in [1.165, 1.54) is 0 Å².